The van der Waals surface area contributed by atoms with Gasteiger partial charge in [0.25, 0.3) is 10.1 Å². The lowest BCUT2D eigenvalue weighted by molar-refractivity contribution is 0.435. The SMILES string of the molecule is O=S(=O)(O)C(c1ccccc1)(c1ccc(Cl)cc1Cl)c1c(O)cc(Cl)c(O)c1Cl. The van der Waals surface area contributed by atoms with Crippen LogP contribution in [0.3, 0.4) is 0 Å². The topological polar surface area (TPSA) is 94.8 Å². The van der Waals surface area contributed by atoms with Crippen molar-refractivity contribution in [2.45, 2.75) is 4.75 Å². The number of phenolic OH excluding ortho intramolecular Hbond substituents is 2. The molecule has 5 nitrogen and oxygen atoms in total. The molecule has 0 radical (unpaired) electrons. The highest BCUT2D eigenvalue weighted by molar-refractivity contribution is 7.87. The van der Waals surface area contributed by atoms with E-state index in [1.165, 1.54) is 42.5 Å². The van der Waals surface area contributed by atoms with Gasteiger partial charge in [-0.1, -0.05) is 82.8 Å². The number of rotatable bonds is 4. The highest BCUT2D eigenvalue weighted by Crippen LogP contribution is 2.54. The largest absolute Gasteiger partial charge is 0.507 e. The van der Waals surface area contributed by atoms with Crippen molar-refractivity contribution in [3.05, 3.63) is 91.4 Å². The summed E-state index contributed by atoms with van der Waals surface area (Å²) in [7, 11) is -5.12. The van der Waals surface area contributed by atoms with Crippen molar-refractivity contribution in [3.8, 4) is 11.5 Å². The van der Waals surface area contributed by atoms with Gasteiger partial charge in [0.1, 0.15) is 5.75 Å². The van der Waals surface area contributed by atoms with Gasteiger partial charge in [0.2, 0.25) is 0 Å². The minimum absolute atomic E-state index is 0.00523. The molecule has 152 valence electrons. The van der Waals surface area contributed by atoms with Crippen LogP contribution in [0.15, 0.2) is 54.6 Å². The first-order valence-corrected chi connectivity index (χ1v) is 10.9. The van der Waals surface area contributed by atoms with Gasteiger partial charge in [-0.25, -0.2) is 0 Å². The molecule has 0 aliphatic rings. The van der Waals surface area contributed by atoms with E-state index in [0.29, 0.717) is 0 Å². The Morgan fingerprint density at radius 3 is 2.00 bits per heavy atom. The van der Waals surface area contributed by atoms with Crippen LogP contribution in [-0.2, 0) is 14.9 Å². The molecule has 0 fully saturated rings. The smallest absolute Gasteiger partial charge is 0.283 e. The second kappa shape index (κ2) is 7.87. The summed E-state index contributed by atoms with van der Waals surface area (Å²) in [5.41, 5.74) is -0.652. The normalized spacial score (nSPS) is 13.8. The Balaban J connectivity index is 2.65. The predicted molar refractivity (Wildman–Crippen MR) is 114 cm³/mol. The van der Waals surface area contributed by atoms with Gasteiger partial charge in [0, 0.05) is 27.2 Å². The van der Waals surface area contributed by atoms with Crippen molar-refractivity contribution in [1.29, 1.82) is 0 Å². The fourth-order valence-electron chi connectivity index (χ4n) is 3.23. The Morgan fingerprint density at radius 2 is 1.45 bits per heavy atom. The minimum Gasteiger partial charge on any atom is -0.507 e. The lowest BCUT2D eigenvalue weighted by Gasteiger charge is -2.34. The van der Waals surface area contributed by atoms with E-state index >= 15 is 0 Å². The molecule has 0 heterocycles. The monoisotopic (exact) mass is 492 g/mol. The zero-order valence-electron chi connectivity index (χ0n) is 14.3. The van der Waals surface area contributed by atoms with Gasteiger partial charge in [0.15, 0.2) is 10.5 Å². The predicted octanol–water partition coefficient (Wildman–Crippen LogP) is 5.89. The molecule has 0 aliphatic carbocycles. The van der Waals surface area contributed by atoms with Gasteiger partial charge in [-0.05, 0) is 17.7 Å². The molecule has 0 amide bonds. The highest BCUT2D eigenvalue weighted by Gasteiger charge is 2.53. The molecule has 3 rings (SSSR count). The van der Waals surface area contributed by atoms with E-state index in [2.05, 4.69) is 0 Å². The summed E-state index contributed by atoms with van der Waals surface area (Å²) in [6.45, 7) is 0. The van der Waals surface area contributed by atoms with Crippen LogP contribution < -0.4 is 0 Å². The third kappa shape index (κ3) is 3.54. The zero-order chi connectivity index (χ0) is 21.6. The molecule has 29 heavy (non-hydrogen) atoms. The van der Waals surface area contributed by atoms with E-state index in [1.54, 1.807) is 6.07 Å². The van der Waals surface area contributed by atoms with Crippen molar-refractivity contribution < 1.29 is 23.2 Å². The quantitative estimate of drug-likeness (QED) is 0.239. The zero-order valence-corrected chi connectivity index (χ0v) is 18.1. The fourth-order valence-corrected chi connectivity index (χ4v) is 5.83. The summed E-state index contributed by atoms with van der Waals surface area (Å²) in [4.78, 5) is 0. The number of benzene rings is 3. The van der Waals surface area contributed by atoms with Gasteiger partial charge >= 0.3 is 0 Å². The van der Waals surface area contributed by atoms with E-state index in [4.69, 9.17) is 46.4 Å². The molecule has 1 unspecified atom stereocenters. The van der Waals surface area contributed by atoms with Crippen molar-refractivity contribution in [1.82, 2.24) is 0 Å². The van der Waals surface area contributed by atoms with E-state index in [0.717, 1.165) is 6.07 Å². The summed E-state index contributed by atoms with van der Waals surface area (Å²) >= 11 is 24.4. The van der Waals surface area contributed by atoms with Crippen molar-refractivity contribution >= 4 is 56.5 Å². The summed E-state index contributed by atoms with van der Waals surface area (Å²) in [6, 6.07) is 12.3. The summed E-state index contributed by atoms with van der Waals surface area (Å²) in [6.07, 6.45) is 0. The van der Waals surface area contributed by atoms with Crippen molar-refractivity contribution in [3.63, 3.8) is 0 Å². The first-order valence-electron chi connectivity index (χ1n) is 7.90. The molecule has 0 saturated heterocycles. The van der Waals surface area contributed by atoms with Gasteiger partial charge in [-0.3, -0.25) is 4.55 Å². The Labute approximate surface area is 186 Å². The maximum atomic E-state index is 13.0. The minimum atomic E-state index is -5.12. The Morgan fingerprint density at radius 1 is 0.828 bits per heavy atom. The molecule has 0 spiro atoms. The van der Waals surface area contributed by atoms with Gasteiger partial charge < -0.3 is 10.2 Å². The average molecular weight is 494 g/mol. The van der Waals surface area contributed by atoms with Crippen LogP contribution in [0.1, 0.15) is 16.7 Å². The second-order valence-corrected chi connectivity index (χ2v) is 9.25. The van der Waals surface area contributed by atoms with E-state index in [9.17, 15) is 23.2 Å². The lowest BCUT2D eigenvalue weighted by Crippen LogP contribution is -2.39. The highest BCUT2D eigenvalue weighted by atomic mass is 35.5. The number of phenols is 2. The Kier molecular flexibility index (Phi) is 5.98. The molecule has 3 N–H and O–H groups in total. The summed E-state index contributed by atoms with van der Waals surface area (Å²) < 4.78 is 33.9. The van der Waals surface area contributed by atoms with E-state index < -0.39 is 37.0 Å². The molecular weight excluding hydrogens is 482 g/mol. The van der Waals surface area contributed by atoms with Crippen LogP contribution in [-0.4, -0.2) is 23.2 Å². The van der Waals surface area contributed by atoms with Crippen LogP contribution in [0.5, 0.6) is 11.5 Å². The maximum absolute atomic E-state index is 13.0. The van der Waals surface area contributed by atoms with Gasteiger partial charge in [0.05, 0.1) is 10.0 Å². The van der Waals surface area contributed by atoms with Crippen LogP contribution in [0.2, 0.25) is 20.1 Å². The van der Waals surface area contributed by atoms with Gasteiger partial charge in [-0.15, -0.1) is 0 Å². The fraction of sp³-hybridized carbons (Fsp3) is 0.0526. The molecule has 0 aliphatic heterocycles. The first kappa shape index (κ1) is 22.0. The van der Waals surface area contributed by atoms with Crippen LogP contribution in [0.4, 0.5) is 0 Å². The third-order valence-electron chi connectivity index (χ3n) is 4.40. The lowest BCUT2D eigenvalue weighted by atomic mass is 9.83. The molecular formula is C19H12Cl4O5S. The number of hydrogen-bond acceptors (Lipinski definition) is 4. The van der Waals surface area contributed by atoms with E-state index in [1.807, 2.05) is 0 Å². The van der Waals surface area contributed by atoms with E-state index in [-0.39, 0.29) is 26.2 Å². The number of halogens is 4. The molecule has 1 atom stereocenters. The van der Waals surface area contributed by atoms with Crippen molar-refractivity contribution in [2.24, 2.45) is 0 Å². The maximum Gasteiger partial charge on any atom is 0.283 e. The first-order chi connectivity index (χ1) is 13.5. The third-order valence-corrected chi connectivity index (χ3v) is 7.04. The summed E-state index contributed by atoms with van der Waals surface area (Å²) in [5, 5.41) is 20.1. The standard InChI is InChI=1S/C19H12Cl4O5S/c20-11-6-7-12(13(21)8-11)19(29(26,27)28,10-4-2-1-3-5-10)16-15(24)9-14(22)18(25)17(16)23/h1-9,24-25H,(H,26,27,28). The Hall–Kier alpha value is -1.67. The number of hydrogen-bond donors (Lipinski definition) is 3. The molecule has 0 aromatic heterocycles. The van der Waals surface area contributed by atoms with Crippen LogP contribution in [0.25, 0.3) is 0 Å². The summed E-state index contributed by atoms with van der Waals surface area (Å²) in [5.74, 6) is -1.35. The van der Waals surface area contributed by atoms with Crippen LogP contribution in [0, 0.1) is 0 Å². The number of aromatic hydroxyl groups is 2. The molecule has 10 heteroatoms. The molecule has 3 aromatic rings. The molecule has 3 aromatic carbocycles. The van der Waals surface area contributed by atoms with Crippen LogP contribution >= 0.6 is 46.4 Å². The van der Waals surface area contributed by atoms with Crippen molar-refractivity contribution in [2.75, 3.05) is 0 Å². The van der Waals surface area contributed by atoms with Gasteiger partial charge in [-0.2, -0.15) is 8.42 Å². The molecule has 0 bridgehead atoms. The Bertz CT molecular complexity index is 1200. The molecule has 0 saturated carbocycles. The second-order valence-electron chi connectivity index (χ2n) is 6.06. The average Bonchev–Trinajstić information content (AvgIpc) is 2.64.